The van der Waals surface area contributed by atoms with E-state index in [9.17, 15) is 17.6 Å². The van der Waals surface area contributed by atoms with Crippen molar-refractivity contribution in [2.45, 2.75) is 24.3 Å². The number of sulfonamides is 1. The third-order valence-electron chi connectivity index (χ3n) is 5.24. The fourth-order valence-corrected chi connectivity index (χ4v) is 6.19. The van der Waals surface area contributed by atoms with E-state index >= 15 is 0 Å². The maximum absolute atomic E-state index is 13.9. The highest BCUT2D eigenvalue weighted by Gasteiger charge is 2.30. The van der Waals surface area contributed by atoms with Gasteiger partial charge in [-0.15, -0.1) is 0 Å². The van der Waals surface area contributed by atoms with Gasteiger partial charge in [0.05, 0.1) is 26.6 Å². The van der Waals surface area contributed by atoms with E-state index in [-0.39, 0.29) is 21.8 Å². The lowest BCUT2D eigenvalue weighted by Crippen LogP contribution is -2.39. The van der Waals surface area contributed by atoms with Gasteiger partial charge in [0.25, 0.3) is 5.56 Å². The molecule has 0 radical (unpaired) electrons. The van der Waals surface area contributed by atoms with Crippen LogP contribution in [0.2, 0.25) is 0 Å². The fourth-order valence-electron chi connectivity index (χ4n) is 3.61. The smallest absolute Gasteiger partial charge is 0.268 e. The predicted octanol–water partition coefficient (Wildman–Crippen LogP) is 3.17. The minimum atomic E-state index is -3.61. The van der Waals surface area contributed by atoms with Gasteiger partial charge in [0.15, 0.2) is 0 Å². The molecule has 1 aliphatic rings. The molecular formula is C20H18FN3O3S2. The number of aromatic nitrogens is 1. The summed E-state index contributed by atoms with van der Waals surface area (Å²) in [5, 5.41) is 8.98. The molecule has 0 N–H and O–H groups in total. The van der Waals surface area contributed by atoms with Crippen molar-refractivity contribution in [2.75, 3.05) is 13.1 Å². The van der Waals surface area contributed by atoms with Gasteiger partial charge in [0.2, 0.25) is 10.0 Å². The van der Waals surface area contributed by atoms with Crippen molar-refractivity contribution < 1.29 is 12.8 Å². The van der Waals surface area contributed by atoms with Crippen molar-refractivity contribution in [1.29, 1.82) is 5.26 Å². The predicted molar refractivity (Wildman–Crippen MR) is 109 cm³/mol. The van der Waals surface area contributed by atoms with Crippen LogP contribution in [0, 0.1) is 23.1 Å². The Hall–Kier alpha value is -2.54. The second kappa shape index (κ2) is 7.71. The standard InChI is InChI=1S/C20H18FN3O3S2/c21-17-2-1-3-18-19(17)20(25)24(28-18)13-15-8-10-23(11-9-15)29(26,27)16-6-4-14(12-22)5-7-16/h1-7,15H,8-11,13H2. The minimum absolute atomic E-state index is 0.123. The summed E-state index contributed by atoms with van der Waals surface area (Å²) in [5.41, 5.74) is 0.0867. The molecule has 0 amide bonds. The zero-order valence-corrected chi connectivity index (χ0v) is 17.0. The number of hydrogen-bond donors (Lipinski definition) is 0. The molecule has 2 aromatic carbocycles. The first-order chi connectivity index (χ1) is 13.9. The number of nitriles is 1. The van der Waals surface area contributed by atoms with Crippen LogP contribution in [0.5, 0.6) is 0 Å². The second-order valence-electron chi connectivity index (χ2n) is 7.05. The Balaban J connectivity index is 1.46. The molecule has 2 heterocycles. The molecule has 1 saturated heterocycles. The van der Waals surface area contributed by atoms with E-state index in [4.69, 9.17) is 5.26 Å². The Morgan fingerprint density at radius 2 is 1.83 bits per heavy atom. The number of benzene rings is 2. The summed E-state index contributed by atoms with van der Waals surface area (Å²) in [5.74, 6) is -0.359. The van der Waals surface area contributed by atoms with E-state index in [2.05, 4.69) is 0 Å². The number of hydrogen-bond acceptors (Lipinski definition) is 5. The van der Waals surface area contributed by atoms with E-state index < -0.39 is 15.8 Å². The van der Waals surface area contributed by atoms with Crippen LogP contribution in [-0.4, -0.2) is 29.8 Å². The molecule has 0 spiro atoms. The molecule has 6 nitrogen and oxygen atoms in total. The van der Waals surface area contributed by atoms with Crippen molar-refractivity contribution >= 4 is 31.6 Å². The van der Waals surface area contributed by atoms with Crippen molar-refractivity contribution in [3.8, 4) is 6.07 Å². The van der Waals surface area contributed by atoms with Crippen LogP contribution < -0.4 is 5.56 Å². The number of rotatable bonds is 4. The van der Waals surface area contributed by atoms with Crippen LogP contribution in [0.4, 0.5) is 4.39 Å². The zero-order valence-electron chi connectivity index (χ0n) is 15.4. The zero-order chi connectivity index (χ0) is 20.6. The molecule has 3 aromatic rings. The summed E-state index contributed by atoms with van der Waals surface area (Å²) in [6.07, 6.45) is 1.25. The SMILES string of the molecule is N#Cc1ccc(S(=O)(=O)N2CCC(Cn3sc4cccc(F)c4c3=O)CC2)cc1. The van der Waals surface area contributed by atoms with Gasteiger partial charge >= 0.3 is 0 Å². The molecule has 0 bridgehead atoms. The van der Waals surface area contributed by atoms with E-state index in [0.717, 1.165) is 0 Å². The Kier molecular flexibility index (Phi) is 5.25. The maximum Gasteiger partial charge on any atom is 0.271 e. The molecule has 9 heteroatoms. The summed E-state index contributed by atoms with van der Waals surface area (Å²) < 4.78 is 43.2. The van der Waals surface area contributed by atoms with Gasteiger partial charge < -0.3 is 0 Å². The summed E-state index contributed by atoms with van der Waals surface area (Å²) in [6.45, 7) is 1.18. The molecular weight excluding hydrogens is 413 g/mol. The summed E-state index contributed by atoms with van der Waals surface area (Å²) in [7, 11) is -3.61. The van der Waals surface area contributed by atoms with Crippen LogP contribution in [0.3, 0.4) is 0 Å². The topological polar surface area (TPSA) is 83.2 Å². The lowest BCUT2D eigenvalue weighted by atomic mass is 9.98. The average molecular weight is 432 g/mol. The van der Waals surface area contributed by atoms with Gasteiger partial charge in [-0.2, -0.15) is 9.57 Å². The average Bonchev–Trinajstić information content (AvgIpc) is 3.05. The summed E-state index contributed by atoms with van der Waals surface area (Å²) in [6, 6.07) is 12.5. The van der Waals surface area contributed by atoms with Crippen LogP contribution in [0.1, 0.15) is 18.4 Å². The number of fused-ring (bicyclic) bond motifs is 1. The lowest BCUT2D eigenvalue weighted by Gasteiger charge is -2.31. The lowest BCUT2D eigenvalue weighted by molar-refractivity contribution is 0.256. The van der Waals surface area contributed by atoms with E-state index in [1.165, 1.54) is 46.2 Å². The van der Waals surface area contributed by atoms with Crippen LogP contribution >= 0.6 is 11.5 Å². The van der Waals surface area contributed by atoms with Crippen LogP contribution in [0.25, 0.3) is 10.1 Å². The first-order valence-electron chi connectivity index (χ1n) is 9.19. The maximum atomic E-state index is 13.9. The van der Waals surface area contributed by atoms with Gasteiger partial charge in [-0.25, -0.2) is 12.8 Å². The second-order valence-corrected chi connectivity index (χ2v) is 10.1. The van der Waals surface area contributed by atoms with Gasteiger partial charge in [-0.3, -0.25) is 8.75 Å². The monoisotopic (exact) mass is 431 g/mol. The molecule has 0 saturated carbocycles. The highest BCUT2D eigenvalue weighted by atomic mass is 32.2. The van der Waals surface area contributed by atoms with E-state index in [0.29, 0.717) is 42.7 Å². The molecule has 0 aliphatic carbocycles. The largest absolute Gasteiger partial charge is 0.271 e. The van der Waals surface area contributed by atoms with Gasteiger partial charge in [0, 0.05) is 19.6 Å². The Labute approximate surface area is 171 Å². The quantitative estimate of drug-likeness (QED) is 0.635. The van der Waals surface area contributed by atoms with E-state index in [1.807, 2.05) is 6.07 Å². The third-order valence-corrected chi connectivity index (χ3v) is 8.23. The van der Waals surface area contributed by atoms with Crippen LogP contribution in [-0.2, 0) is 16.6 Å². The van der Waals surface area contributed by atoms with E-state index in [1.54, 1.807) is 16.1 Å². The van der Waals surface area contributed by atoms with Crippen molar-refractivity contribution in [3.05, 3.63) is 64.2 Å². The first-order valence-corrected chi connectivity index (χ1v) is 11.4. The Bertz CT molecular complexity index is 1250. The van der Waals surface area contributed by atoms with Gasteiger partial charge in [-0.05, 0) is 55.2 Å². The Morgan fingerprint density at radius 1 is 1.14 bits per heavy atom. The molecule has 150 valence electrons. The number of piperidine rings is 1. The molecule has 1 fully saturated rings. The first kappa shape index (κ1) is 19.8. The normalized spacial score (nSPS) is 16.1. The van der Waals surface area contributed by atoms with Crippen LogP contribution in [0.15, 0.2) is 52.2 Å². The number of halogens is 1. The summed E-state index contributed by atoms with van der Waals surface area (Å²) in [4.78, 5) is 12.7. The van der Waals surface area contributed by atoms with Crippen molar-refractivity contribution in [2.24, 2.45) is 5.92 Å². The third kappa shape index (κ3) is 3.71. The summed E-state index contributed by atoms with van der Waals surface area (Å²) >= 11 is 1.24. The highest BCUT2D eigenvalue weighted by Crippen LogP contribution is 2.27. The fraction of sp³-hybridized carbons (Fsp3) is 0.300. The van der Waals surface area contributed by atoms with Gasteiger partial charge in [0.1, 0.15) is 5.82 Å². The minimum Gasteiger partial charge on any atom is -0.268 e. The van der Waals surface area contributed by atoms with Crippen molar-refractivity contribution in [3.63, 3.8) is 0 Å². The van der Waals surface area contributed by atoms with Crippen molar-refractivity contribution in [1.82, 2.24) is 8.26 Å². The molecule has 4 rings (SSSR count). The molecule has 0 unspecified atom stereocenters. The molecule has 1 aromatic heterocycles. The Morgan fingerprint density at radius 3 is 2.45 bits per heavy atom. The number of nitrogens with zero attached hydrogens (tertiary/aromatic N) is 3. The molecule has 0 atom stereocenters. The highest BCUT2D eigenvalue weighted by molar-refractivity contribution is 7.89. The molecule has 1 aliphatic heterocycles. The van der Waals surface area contributed by atoms with Gasteiger partial charge in [-0.1, -0.05) is 17.6 Å². The molecule has 29 heavy (non-hydrogen) atoms.